The predicted molar refractivity (Wildman–Crippen MR) is 84.0 cm³/mol. The zero-order valence-corrected chi connectivity index (χ0v) is 14.4. The Morgan fingerprint density at radius 3 is 1.80 bits per heavy atom. The van der Waals surface area contributed by atoms with Crippen molar-refractivity contribution in [2.75, 3.05) is 0 Å². The highest BCUT2D eigenvalue weighted by Crippen LogP contribution is 2.23. The fourth-order valence-corrected chi connectivity index (χ4v) is 1.53. The summed E-state index contributed by atoms with van der Waals surface area (Å²) in [5.74, 6) is -5.98. The zero-order valence-electron chi connectivity index (χ0n) is 14.4. The van der Waals surface area contributed by atoms with Gasteiger partial charge in [-0.2, -0.15) is 0 Å². The highest BCUT2D eigenvalue weighted by Gasteiger charge is 2.26. The summed E-state index contributed by atoms with van der Waals surface area (Å²) in [5, 5.41) is 0. The van der Waals surface area contributed by atoms with Crippen LogP contribution in [0.15, 0.2) is 12.7 Å². The Bertz CT molecular complexity index is 583. The van der Waals surface area contributed by atoms with Gasteiger partial charge in [0.15, 0.2) is 23.3 Å². The molecule has 0 heterocycles. The first-order valence-corrected chi connectivity index (χ1v) is 7.47. The number of hydrogen-bond donors (Lipinski definition) is 1. The standard InChI is InChI=1S/C13H11F5O.C4H11NO/c1-2-3-4-5-7(19)6-8-9(14)11(16)13(18)12(17)10(8)15;1-4(2,3)6-5/h2H,1,3-6H2;5H2,1-3H3. The average Bonchev–Trinajstić information content (AvgIpc) is 2.55. The van der Waals surface area contributed by atoms with E-state index < -0.39 is 46.9 Å². The topological polar surface area (TPSA) is 52.3 Å². The fourth-order valence-electron chi connectivity index (χ4n) is 1.53. The van der Waals surface area contributed by atoms with E-state index in [1.165, 1.54) is 0 Å². The van der Waals surface area contributed by atoms with Gasteiger partial charge in [0.2, 0.25) is 5.82 Å². The molecule has 142 valence electrons. The van der Waals surface area contributed by atoms with Gasteiger partial charge in [0, 0.05) is 18.4 Å². The molecule has 0 aliphatic rings. The van der Waals surface area contributed by atoms with Crippen LogP contribution in [0, 0.1) is 29.1 Å². The molecule has 1 aromatic rings. The maximum atomic E-state index is 13.3. The lowest BCUT2D eigenvalue weighted by atomic mass is 10.0. The van der Waals surface area contributed by atoms with Crippen molar-refractivity contribution in [2.24, 2.45) is 5.90 Å². The van der Waals surface area contributed by atoms with Crippen LogP contribution in [-0.4, -0.2) is 11.4 Å². The van der Waals surface area contributed by atoms with Crippen molar-refractivity contribution >= 4 is 5.78 Å². The lowest BCUT2D eigenvalue weighted by Gasteiger charge is -2.12. The maximum Gasteiger partial charge on any atom is 0.200 e. The van der Waals surface area contributed by atoms with Crippen LogP contribution in [0.1, 0.15) is 45.6 Å². The van der Waals surface area contributed by atoms with E-state index in [0.717, 1.165) is 0 Å². The number of halogens is 5. The molecule has 0 aliphatic heterocycles. The molecular formula is C17H22F5NO2. The van der Waals surface area contributed by atoms with Crippen LogP contribution in [0.4, 0.5) is 22.0 Å². The Balaban J connectivity index is 0.000000823. The molecule has 1 aromatic carbocycles. The second kappa shape index (κ2) is 10.2. The summed E-state index contributed by atoms with van der Waals surface area (Å²) in [6, 6.07) is 0. The Morgan fingerprint density at radius 1 is 1.04 bits per heavy atom. The molecule has 2 N–H and O–H groups in total. The molecule has 1 rings (SSSR count). The summed E-state index contributed by atoms with van der Waals surface area (Å²) in [5.41, 5.74) is -1.26. The van der Waals surface area contributed by atoms with Crippen molar-refractivity contribution in [3.05, 3.63) is 47.3 Å². The lowest BCUT2D eigenvalue weighted by Crippen LogP contribution is -2.22. The van der Waals surface area contributed by atoms with Crippen LogP contribution in [0.3, 0.4) is 0 Å². The number of Topliss-reactive ketones (excluding diaryl/α,β-unsaturated/α-hetero) is 1. The first kappa shape index (κ1) is 23.2. The Labute approximate surface area is 143 Å². The van der Waals surface area contributed by atoms with Gasteiger partial charge in [-0.25, -0.2) is 27.8 Å². The zero-order chi connectivity index (χ0) is 19.8. The van der Waals surface area contributed by atoms with Crippen LogP contribution in [0.5, 0.6) is 0 Å². The van der Waals surface area contributed by atoms with E-state index in [0.29, 0.717) is 12.8 Å². The summed E-state index contributed by atoms with van der Waals surface area (Å²) in [4.78, 5) is 15.8. The van der Waals surface area contributed by atoms with E-state index in [1.807, 2.05) is 20.8 Å². The van der Waals surface area contributed by atoms with Gasteiger partial charge < -0.3 is 0 Å². The molecule has 3 nitrogen and oxygen atoms in total. The number of rotatable bonds is 6. The van der Waals surface area contributed by atoms with E-state index in [4.69, 9.17) is 5.90 Å². The molecule has 0 atom stereocenters. The number of unbranched alkanes of at least 4 members (excludes halogenated alkanes) is 1. The number of hydrogen-bond acceptors (Lipinski definition) is 3. The Hall–Kier alpha value is -1.80. The smallest absolute Gasteiger partial charge is 0.200 e. The summed E-state index contributed by atoms with van der Waals surface area (Å²) < 4.78 is 65.0. The molecule has 0 aromatic heterocycles. The van der Waals surface area contributed by atoms with Crippen LogP contribution >= 0.6 is 0 Å². The van der Waals surface area contributed by atoms with Gasteiger partial charge >= 0.3 is 0 Å². The molecule has 0 radical (unpaired) electrons. The van der Waals surface area contributed by atoms with Crippen LogP contribution in [0.2, 0.25) is 0 Å². The van der Waals surface area contributed by atoms with Gasteiger partial charge in [-0.3, -0.25) is 9.63 Å². The highest BCUT2D eigenvalue weighted by atomic mass is 19.2. The Morgan fingerprint density at radius 2 is 1.44 bits per heavy atom. The minimum atomic E-state index is -2.22. The molecule has 0 bridgehead atoms. The molecule has 0 unspecified atom stereocenters. The van der Waals surface area contributed by atoms with Gasteiger partial charge in [0.1, 0.15) is 5.78 Å². The quantitative estimate of drug-likeness (QED) is 0.201. The van der Waals surface area contributed by atoms with Crippen molar-refractivity contribution in [3.63, 3.8) is 0 Å². The summed E-state index contributed by atoms with van der Waals surface area (Å²) in [6.45, 7) is 9.12. The van der Waals surface area contributed by atoms with Crippen LogP contribution in [0.25, 0.3) is 0 Å². The third-order valence-corrected chi connectivity index (χ3v) is 2.89. The first-order valence-electron chi connectivity index (χ1n) is 7.47. The summed E-state index contributed by atoms with van der Waals surface area (Å²) in [6.07, 6.45) is 1.68. The minimum absolute atomic E-state index is 0.00842. The molecule has 0 saturated carbocycles. The number of allylic oxidation sites excluding steroid dienone is 1. The molecule has 0 saturated heterocycles. The molecule has 8 heteroatoms. The van der Waals surface area contributed by atoms with Crippen LogP contribution < -0.4 is 5.90 Å². The fraction of sp³-hybridized carbons (Fsp3) is 0.471. The SMILES string of the molecule is C=CCCCC(=O)Cc1c(F)c(F)c(F)c(F)c1F.CC(C)(C)ON. The molecule has 0 amide bonds. The second-order valence-electron chi connectivity index (χ2n) is 6.18. The molecular weight excluding hydrogens is 345 g/mol. The third-order valence-electron chi connectivity index (χ3n) is 2.89. The monoisotopic (exact) mass is 367 g/mol. The van der Waals surface area contributed by atoms with Crippen molar-refractivity contribution < 1.29 is 31.6 Å². The number of benzene rings is 1. The van der Waals surface area contributed by atoms with Crippen molar-refractivity contribution in [1.29, 1.82) is 0 Å². The van der Waals surface area contributed by atoms with E-state index >= 15 is 0 Å². The van der Waals surface area contributed by atoms with E-state index in [1.54, 1.807) is 6.08 Å². The highest BCUT2D eigenvalue weighted by molar-refractivity contribution is 5.80. The van der Waals surface area contributed by atoms with E-state index in [2.05, 4.69) is 11.4 Å². The first-order chi connectivity index (χ1) is 11.5. The molecule has 0 spiro atoms. The van der Waals surface area contributed by atoms with Gasteiger partial charge in [0.05, 0.1) is 5.60 Å². The second-order valence-corrected chi connectivity index (χ2v) is 6.18. The molecule has 0 fully saturated rings. The number of ketones is 1. The van der Waals surface area contributed by atoms with Crippen molar-refractivity contribution in [3.8, 4) is 0 Å². The minimum Gasteiger partial charge on any atom is -0.299 e. The van der Waals surface area contributed by atoms with E-state index in [9.17, 15) is 26.7 Å². The van der Waals surface area contributed by atoms with Crippen LogP contribution in [-0.2, 0) is 16.1 Å². The third kappa shape index (κ3) is 7.74. The number of nitrogens with two attached hydrogens (primary N) is 1. The average molecular weight is 367 g/mol. The van der Waals surface area contributed by atoms with E-state index in [-0.39, 0.29) is 12.0 Å². The Kier molecular flexibility index (Phi) is 9.51. The van der Waals surface area contributed by atoms with Gasteiger partial charge in [-0.1, -0.05) is 6.08 Å². The normalized spacial score (nSPS) is 10.9. The lowest BCUT2D eigenvalue weighted by molar-refractivity contribution is -0.118. The van der Waals surface area contributed by atoms with Crippen molar-refractivity contribution in [2.45, 2.75) is 52.1 Å². The van der Waals surface area contributed by atoms with Gasteiger partial charge in [0.25, 0.3) is 0 Å². The van der Waals surface area contributed by atoms with Gasteiger partial charge in [-0.05, 0) is 33.6 Å². The molecule has 25 heavy (non-hydrogen) atoms. The largest absolute Gasteiger partial charge is 0.299 e. The number of carbonyl (C=O) groups is 1. The number of carbonyl (C=O) groups excluding carboxylic acids is 1. The maximum absolute atomic E-state index is 13.3. The predicted octanol–water partition coefficient (Wildman–Crippen LogP) is 4.53. The summed E-state index contributed by atoms with van der Waals surface area (Å²) in [7, 11) is 0. The van der Waals surface area contributed by atoms with Gasteiger partial charge in [-0.15, -0.1) is 6.58 Å². The molecule has 0 aliphatic carbocycles. The summed E-state index contributed by atoms with van der Waals surface area (Å²) >= 11 is 0. The van der Waals surface area contributed by atoms with Crippen molar-refractivity contribution in [1.82, 2.24) is 0 Å².